The zero-order valence-electron chi connectivity index (χ0n) is 13.9. The summed E-state index contributed by atoms with van der Waals surface area (Å²) in [5.74, 6) is 1.46. The lowest BCUT2D eigenvalue weighted by atomic mass is 10.1. The van der Waals surface area contributed by atoms with Gasteiger partial charge in [0, 0.05) is 24.2 Å². The predicted octanol–water partition coefficient (Wildman–Crippen LogP) is 1.63. The summed E-state index contributed by atoms with van der Waals surface area (Å²) in [6.45, 7) is 4.31. The number of hydrazone groups is 1. The minimum atomic E-state index is -0.297. The molecule has 5 rings (SSSR count). The Morgan fingerprint density at radius 3 is 3.04 bits per heavy atom. The van der Waals surface area contributed by atoms with Gasteiger partial charge in [-0.05, 0) is 38.1 Å². The molecule has 2 aromatic rings. The van der Waals surface area contributed by atoms with Crippen LogP contribution >= 0.6 is 12.4 Å². The quantitative estimate of drug-likeness (QED) is 0.810. The second-order valence-electron chi connectivity index (χ2n) is 6.59. The van der Waals surface area contributed by atoms with Crippen molar-refractivity contribution in [3.05, 3.63) is 24.4 Å². The van der Waals surface area contributed by atoms with E-state index < -0.39 is 0 Å². The first-order valence-corrected chi connectivity index (χ1v) is 8.36. The second-order valence-corrected chi connectivity index (χ2v) is 6.59. The monoisotopic (exact) mass is 361 g/mol. The van der Waals surface area contributed by atoms with Crippen LogP contribution in [0.5, 0.6) is 5.75 Å². The molecule has 0 spiro atoms. The number of anilines is 1. The summed E-state index contributed by atoms with van der Waals surface area (Å²) in [5.41, 5.74) is 4.65. The molecule has 0 unspecified atom stereocenters. The Morgan fingerprint density at radius 2 is 2.24 bits per heavy atom. The van der Waals surface area contributed by atoms with Crippen LogP contribution in [0.3, 0.4) is 0 Å². The Hall–Kier alpha value is -2.25. The van der Waals surface area contributed by atoms with Crippen LogP contribution in [-0.4, -0.2) is 42.0 Å². The summed E-state index contributed by atoms with van der Waals surface area (Å²) < 4.78 is 8.20. The van der Waals surface area contributed by atoms with Crippen molar-refractivity contribution in [2.24, 2.45) is 5.10 Å². The fraction of sp³-hybridized carbons (Fsp3) is 0.412. The van der Waals surface area contributed by atoms with Gasteiger partial charge >= 0.3 is 0 Å². The number of hydrogen-bond donors (Lipinski definition) is 2. The van der Waals surface area contributed by atoms with E-state index in [1.54, 1.807) is 0 Å². The number of nitrogens with zero attached hydrogens (tertiary/aromatic N) is 3. The van der Waals surface area contributed by atoms with Crippen molar-refractivity contribution in [2.45, 2.75) is 25.4 Å². The Balaban J connectivity index is 0.00000157. The first kappa shape index (κ1) is 16.2. The molecule has 7 nitrogen and oxygen atoms in total. The number of halogens is 1. The van der Waals surface area contributed by atoms with E-state index in [2.05, 4.69) is 44.8 Å². The first-order valence-electron chi connectivity index (χ1n) is 8.36. The molecule has 1 fully saturated rings. The Bertz CT molecular complexity index is 871. The van der Waals surface area contributed by atoms with Gasteiger partial charge in [-0.1, -0.05) is 0 Å². The lowest BCUT2D eigenvalue weighted by molar-refractivity contribution is -0.122. The maximum absolute atomic E-state index is 12.0. The van der Waals surface area contributed by atoms with Gasteiger partial charge in [-0.15, -0.1) is 12.4 Å². The SMILES string of the molecule is C[C@@H]1C(=O)NN=C2COc3cc4ccn([C@H]5CCNC5)c4cc3N21.Cl. The number of amides is 1. The van der Waals surface area contributed by atoms with Gasteiger partial charge in [0.05, 0.1) is 11.2 Å². The van der Waals surface area contributed by atoms with Crippen molar-refractivity contribution in [3.8, 4) is 5.75 Å². The topological polar surface area (TPSA) is 70.9 Å². The third-order valence-corrected chi connectivity index (χ3v) is 5.19. The average molecular weight is 362 g/mol. The third kappa shape index (κ3) is 2.38. The van der Waals surface area contributed by atoms with Crippen LogP contribution in [0.15, 0.2) is 29.5 Å². The molecule has 3 aliphatic heterocycles. The molecule has 0 aliphatic carbocycles. The van der Waals surface area contributed by atoms with Crippen LogP contribution in [0.4, 0.5) is 5.69 Å². The van der Waals surface area contributed by atoms with E-state index in [1.165, 1.54) is 5.52 Å². The molecule has 132 valence electrons. The number of benzene rings is 1. The number of nitrogens with one attached hydrogen (secondary N) is 2. The summed E-state index contributed by atoms with van der Waals surface area (Å²) in [6.07, 6.45) is 3.28. The van der Waals surface area contributed by atoms with Crippen molar-refractivity contribution in [2.75, 3.05) is 24.6 Å². The normalized spacial score (nSPS) is 24.8. The number of ether oxygens (including phenoxy) is 1. The molecule has 2 N–H and O–H groups in total. The molecule has 0 radical (unpaired) electrons. The molecule has 2 atom stereocenters. The van der Waals surface area contributed by atoms with Crippen molar-refractivity contribution < 1.29 is 9.53 Å². The minimum Gasteiger partial charge on any atom is -0.483 e. The summed E-state index contributed by atoms with van der Waals surface area (Å²) in [4.78, 5) is 14.0. The standard InChI is InChI=1S/C17H19N5O2.ClH/c1-10-17(23)20-19-16-9-24-15-6-11-3-5-21(12-2-4-18-8-12)13(11)7-14(15)22(10)16;/h3,5-7,10,12,18H,2,4,8-9H2,1H3,(H,20,23);1H/t10-,12+;/m1./s1. The number of aromatic nitrogens is 1. The lowest BCUT2D eigenvalue weighted by Gasteiger charge is -2.38. The number of carbonyl (C=O) groups excluding carboxylic acids is 1. The predicted molar refractivity (Wildman–Crippen MR) is 98.7 cm³/mol. The van der Waals surface area contributed by atoms with E-state index in [-0.39, 0.29) is 24.4 Å². The molecule has 1 saturated heterocycles. The van der Waals surface area contributed by atoms with Gasteiger partial charge in [-0.3, -0.25) is 4.79 Å². The van der Waals surface area contributed by atoms with Crippen LogP contribution in [0, 0.1) is 0 Å². The van der Waals surface area contributed by atoms with Gasteiger partial charge in [0.15, 0.2) is 5.84 Å². The van der Waals surface area contributed by atoms with Crippen LogP contribution in [-0.2, 0) is 4.79 Å². The van der Waals surface area contributed by atoms with Crippen molar-refractivity contribution in [3.63, 3.8) is 0 Å². The van der Waals surface area contributed by atoms with Crippen LogP contribution in [0.25, 0.3) is 10.9 Å². The molecule has 0 bridgehead atoms. The Morgan fingerprint density at radius 1 is 1.36 bits per heavy atom. The summed E-state index contributed by atoms with van der Waals surface area (Å²) in [5, 5.41) is 8.73. The van der Waals surface area contributed by atoms with E-state index in [1.807, 2.05) is 11.8 Å². The maximum Gasteiger partial charge on any atom is 0.262 e. The van der Waals surface area contributed by atoms with E-state index in [4.69, 9.17) is 4.74 Å². The summed E-state index contributed by atoms with van der Waals surface area (Å²) in [6, 6.07) is 6.51. The highest BCUT2D eigenvalue weighted by Gasteiger charge is 2.35. The van der Waals surface area contributed by atoms with Gasteiger partial charge in [-0.2, -0.15) is 5.10 Å². The van der Waals surface area contributed by atoms with Crippen molar-refractivity contribution in [1.82, 2.24) is 15.3 Å². The van der Waals surface area contributed by atoms with Crippen molar-refractivity contribution >= 4 is 40.7 Å². The molecular weight excluding hydrogens is 342 g/mol. The van der Waals surface area contributed by atoms with Gasteiger partial charge in [0.2, 0.25) is 0 Å². The Labute approximate surface area is 151 Å². The maximum atomic E-state index is 12.0. The highest BCUT2D eigenvalue weighted by Crippen LogP contribution is 2.39. The fourth-order valence-corrected chi connectivity index (χ4v) is 3.87. The van der Waals surface area contributed by atoms with Crippen molar-refractivity contribution in [1.29, 1.82) is 0 Å². The van der Waals surface area contributed by atoms with Gasteiger partial charge in [0.25, 0.3) is 5.91 Å². The molecule has 1 aromatic heterocycles. The van der Waals surface area contributed by atoms with E-state index in [9.17, 15) is 4.79 Å². The highest BCUT2D eigenvalue weighted by atomic mass is 35.5. The number of amidine groups is 1. The molecule has 1 amide bonds. The molecule has 8 heteroatoms. The molecule has 25 heavy (non-hydrogen) atoms. The molecule has 1 aromatic carbocycles. The van der Waals surface area contributed by atoms with E-state index >= 15 is 0 Å². The van der Waals surface area contributed by atoms with Gasteiger partial charge < -0.3 is 19.5 Å². The number of fused-ring (bicyclic) bond motifs is 4. The second kappa shape index (κ2) is 5.93. The van der Waals surface area contributed by atoms with Crippen LogP contribution in [0.1, 0.15) is 19.4 Å². The molecule has 4 heterocycles. The molecule has 0 saturated carbocycles. The molecule has 3 aliphatic rings. The lowest BCUT2D eigenvalue weighted by Crippen LogP contribution is -2.55. The highest BCUT2D eigenvalue weighted by molar-refractivity contribution is 6.10. The third-order valence-electron chi connectivity index (χ3n) is 5.19. The number of carbonyl (C=O) groups is 1. The van der Waals surface area contributed by atoms with E-state index in [0.717, 1.165) is 42.2 Å². The number of rotatable bonds is 1. The van der Waals surface area contributed by atoms with Crippen LogP contribution in [0.2, 0.25) is 0 Å². The largest absolute Gasteiger partial charge is 0.483 e. The smallest absolute Gasteiger partial charge is 0.262 e. The average Bonchev–Trinajstić information content (AvgIpc) is 3.24. The molecular formula is C17H20ClN5O2. The zero-order valence-corrected chi connectivity index (χ0v) is 14.7. The number of hydrogen-bond acceptors (Lipinski definition) is 5. The zero-order chi connectivity index (χ0) is 16.3. The van der Waals surface area contributed by atoms with Gasteiger partial charge in [-0.25, -0.2) is 5.43 Å². The summed E-state index contributed by atoms with van der Waals surface area (Å²) >= 11 is 0. The summed E-state index contributed by atoms with van der Waals surface area (Å²) in [7, 11) is 0. The van der Waals surface area contributed by atoms with E-state index in [0.29, 0.717) is 12.6 Å². The first-order chi connectivity index (χ1) is 11.7. The van der Waals surface area contributed by atoms with Crippen LogP contribution < -0.4 is 20.4 Å². The Kier molecular flexibility index (Phi) is 3.85. The minimum absolute atomic E-state index is 0. The fourth-order valence-electron chi connectivity index (χ4n) is 3.87. The van der Waals surface area contributed by atoms with Gasteiger partial charge in [0.1, 0.15) is 18.4 Å².